The molecule has 0 N–H and O–H groups in total. The number of rotatable bonds is 5. The molecule has 0 fully saturated rings. The largest absolute Gasteiger partial charge is 0.463 e. The van der Waals surface area contributed by atoms with Gasteiger partial charge in [-0.3, -0.25) is 0 Å². The highest BCUT2D eigenvalue weighted by Crippen LogP contribution is 2.40. The summed E-state index contributed by atoms with van der Waals surface area (Å²) in [6, 6.07) is 5.54. The molecule has 0 aliphatic carbocycles. The molecule has 2 nitrogen and oxygen atoms in total. The van der Waals surface area contributed by atoms with E-state index in [0.29, 0.717) is 5.02 Å². The Hall–Kier alpha value is -0.880. The molecule has 1 aromatic carbocycles. The van der Waals surface area contributed by atoms with Crippen LogP contribution in [0.15, 0.2) is 29.2 Å². The Morgan fingerprint density at radius 2 is 2.00 bits per heavy atom. The first-order valence-corrected chi connectivity index (χ1v) is 6.18. The molecule has 1 rings (SSSR count). The van der Waals surface area contributed by atoms with Crippen LogP contribution >= 0.6 is 23.4 Å². The summed E-state index contributed by atoms with van der Waals surface area (Å²) in [6.07, 6.45) is -3.49. The first kappa shape index (κ1) is 15.2. The Labute approximate surface area is 111 Å². The maximum Gasteiger partial charge on any atom is 0.361 e. The topological polar surface area (TPSA) is 26.3 Å². The predicted molar refractivity (Wildman–Crippen MR) is 63.8 cm³/mol. The second-order valence-electron chi connectivity index (χ2n) is 3.22. The van der Waals surface area contributed by atoms with Crippen molar-refractivity contribution in [2.75, 3.05) is 6.61 Å². The van der Waals surface area contributed by atoms with Gasteiger partial charge in [-0.25, -0.2) is 18.0 Å². The minimum Gasteiger partial charge on any atom is -0.463 e. The van der Waals surface area contributed by atoms with E-state index in [1.807, 2.05) is 0 Å². The smallest absolute Gasteiger partial charge is 0.361 e. The zero-order valence-corrected chi connectivity index (χ0v) is 10.9. The van der Waals surface area contributed by atoms with Gasteiger partial charge in [-0.2, -0.15) is 0 Å². The lowest BCUT2D eigenvalue weighted by molar-refractivity contribution is -0.158. The van der Waals surface area contributed by atoms with Crippen LogP contribution in [0.1, 0.15) is 6.92 Å². The second-order valence-corrected chi connectivity index (χ2v) is 4.93. The fraction of sp³-hybridized carbons (Fsp3) is 0.364. The van der Waals surface area contributed by atoms with E-state index >= 15 is 0 Å². The van der Waals surface area contributed by atoms with Crippen molar-refractivity contribution in [3.8, 4) is 0 Å². The number of alkyl halides is 3. The summed E-state index contributed by atoms with van der Waals surface area (Å²) in [5.41, 5.74) is 0. The molecule has 1 atom stereocenters. The van der Waals surface area contributed by atoms with Gasteiger partial charge in [0.1, 0.15) is 0 Å². The van der Waals surface area contributed by atoms with Gasteiger partial charge in [0, 0.05) is 9.92 Å². The van der Waals surface area contributed by atoms with Crippen molar-refractivity contribution in [3.05, 3.63) is 29.3 Å². The zero-order chi connectivity index (χ0) is 13.8. The van der Waals surface area contributed by atoms with Gasteiger partial charge in [0.05, 0.1) is 6.61 Å². The average Bonchev–Trinajstić information content (AvgIpc) is 2.32. The Bertz CT molecular complexity index is 413. The molecule has 0 saturated carbocycles. The van der Waals surface area contributed by atoms with Crippen molar-refractivity contribution in [1.82, 2.24) is 0 Å². The Morgan fingerprint density at radius 3 is 2.44 bits per heavy atom. The lowest BCUT2D eigenvalue weighted by atomic mass is 10.4. The summed E-state index contributed by atoms with van der Waals surface area (Å²) in [6.45, 7) is 1.25. The van der Waals surface area contributed by atoms with Crippen LogP contribution in [0.25, 0.3) is 0 Å². The average molecular weight is 299 g/mol. The van der Waals surface area contributed by atoms with E-state index in [-0.39, 0.29) is 23.3 Å². The number of halogens is 4. The number of benzene rings is 1. The molecule has 0 amide bonds. The van der Waals surface area contributed by atoms with E-state index in [4.69, 9.17) is 11.6 Å². The highest BCUT2D eigenvalue weighted by Gasteiger charge is 2.51. The quantitative estimate of drug-likeness (QED) is 0.609. The van der Waals surface area contributed by atoms with Crippen molar-refractivity contribution in [3.63, 3.8) is 0 Å². The minimum atomic E-state index is -3.49. The van der Waals surface area contributed by atoms with Gasteiger partial charge < -0.3 is 4.74 Å². The molecule has 7 heteroatoms. The van der Waals surface area contributed by atoms with E-state index in [9.17, 15) is 18.0 Å². The molecule has 0 bridgehead atoms. The molecule has 1 aromatic rings. The molecule has 1 unspecified atom stereocenters. The van der Waals surface area contributed by atoms with Crippen molar-refractivity contribution >= 4 is 29.3 Å². The Morgan fingerprint density at radius 1 is 1.44 bits per heavy atom. The standard InChI is InChI=1S/C11H10ClF3O2S/c1-2-17-10(16)11(15,9(13)14)18-8-5-3-7(12)4-6-8/h3-6,9H,2H2,1H3. The summed E-state index contributed by atoms with van der Waals surface area (Å²) in [5, 5.41) is -3.03. The van der Waals surface area contributed by atoms with Crippen LogP contribution < -0.4 is 0 Å². The normalized spacial score (nSPS) is 14.3. The lowest BCUT2D eigenvalue weighted by Gasteiger charge is -2.21. The third kappa shape index (κ3) is 3.55. The molecule has 0 aliphatic heterocycles. The van der Waals surface area contributed by atoms with Crippen LogP contribution in [0.5, 0.6) is 0 Å². The molecule has 0 spiro atoms. The van der Waals surface area contributed by atoms with E-state index in [0.717, 1.165) is 0 Å². The van der Waals surface area contributed by atoms with Gasteiger partial charge in [0.15, 0.2) is 0 Å². The van der Waals surface area contributed by atoms with E-state index in [1.54, 1.807) is 0 Å². The lowest BCUT2D eigenvalue weighted by Crippen LogP contribution is -2.39. The van der Waals surface area contributed by atoms with E-state index in [1.165, 1.54) is 31.2 Å². The minimum absolute atomic E-state index is 0.106. The molecule has 0 aliphatic rings. The summed E-state index contributed by atoms with van der Waals surface area (Å²) < 4.78 is 43.7. The second kappa shape index (κ2) is 6.33. The van der Waals surface area contributed by atoms with Gasteiger partial charge in [-0.1, -0.05) is 23.4 Å². The first-order chi connectivity index (χ1) is 8.40. The highest BCUT2D eigenvalue weighted by atomic mass is 35.5. The summed E-state index contributed by atoms with van der Waals surface area (Å²) in [7, 11) is 0. The van der Waals surface area contributed by atoms with Crippen molar-refractivity contribution < 1.29 is 22.7 Å². The molecule has 18 heavy (non-hydrogen) atoms. The number of thioether (sulfide) groups is 1. The number of ether oxygens (including phenoxy) is 1. The van der Waals surface area contributed by atoms with Crippen LogP contribution in [0.3, 0.4) is 0 Å². The third-order valence-electron chi connectivity index (χ3n) is 1.91. The monoisotopic (exact) mass is 298 g/mol. The number of hydrogen-bond donors (Lipinski definition) is 0. The number of carbonyl (C=O) groups excluding carboxylic acids is 1. The van der Waals surface area contributed by atoms with Gasteiger partial charge in [0.25, 0.3) is 6.43 Å². The molecular weight excluding hydrogens is 289 g/mol. The van der Waals surface area contributed by atoms with Gasteiger partial charge in [-0.05, 0) is 31.2 Å². The molecule has 0 aromatic heterocycles. The molecule has 0 radical (unpaired) electrons. The van der Waals surface area contributed by atoms with Gasteiger partial charge >= 0.3 is 11.0 Å². The molecular formula is C11H10ClF3O2S. The summed E-state index contributed by atoms with van der Waals surface area (Å²) in [5.74, 6) is -1.58. The van der Waals surface area contributed by atoms with Crippen LogP contribution in [-0.4, -0.2) is 24.0 Å². The summed E-state index contributed by atoms with van der Waals surface area (Å²) >= 11 is 5.72. The van der Waals surface area contributed by atoms with Gasteiger partial charge in [-0.15, -0.1) is 0 Å². The number of esters is 1. The van der Waals surface area contributed by atoms with Crippen LogP contribution in [0.2, 0.25) is 5.02 Å². The maximum atomic E-state index is 14.0. The fourth-order valence-electron chi connectivity index (χ4n) is 1.08. The maximum absolute atomic E-state index is 14.0. The van der Waals surface area contributed by atoms with Crippen LogP contribution in [0.4, 0.5) is 13.2 Å². The fourth-order valence-corrected chi connectivity index (χ4v) is 2.05. The predicted octanol–water partition coefficient (Wildman–Crippen LogP) is 3.93. The molecule has 0 heterocycles. The van der Waals surface area contributed by atoms with Crippen molar-refractivity contribution in [2.24, 2.45) is 0 Å². The number of hydrogen-bond acceptors (Lipinski definition) is 3. The van der Waals surface area contributed by atoms with Crippen LogP contribution in [-0.2, 0) is 9.53 Å². The van der Waals surface area contributed by atoms with Crippen molar-refractivity contribution in [2.45, 2.75) is 23.2 Å². The zero-order valence-electron chi connectivity index (χ0n) is 9.33. The molecule has 100 valence electrons. The van der Waals surface area contributed by atoms with E-state index < -0.39 is 17.4 Å². The number of carbonyl (C=O) groups is 1. The highest BCUT2D eigenvalue weighted by molar-refractivity contribution is 8.01. The Kier molecular flexibility index (Phi) is 5.34. The molecule has 0 saturated heterocycles. The first-order valence-electron chi connectivity index (χ1n) is 4.99. The van der Waals surface area contributed by atoms with Crippen molar-refractivity contribution in [1.29, 1.82) is 0 Å². The Balaban J connectivity index is 2.92. The van der Waals surface area contributed by atoms with Gasteiger partial charge in [0.2, 0.25) is 0 Å². The summed E-state index contributed by atoms with van der Waals surface area (Å²) in [4.78, 5) is 11.4. The SMILES string of the molecule is CCOC(=O)C(F)(Sc1ccc(Cl)cc1)C(F)F. The van der Waals surface area contributed by atoms with E-state index in [2.05, 4.69) is 4.74 Å². The third-order valence-corrected chi connectivity index (χ3v) is 3.32. The van der Waals surface area contributed by atoms with Crippen LogP contribution in [0, 0.1) is 0 Å².